The highest BCUT2D eigenvalue weighted by Crippen LogP contribution is 2.27. The molecule has 0 unspecified atom stereocenters. The van der Waals surface area contributed by atoms with E-state index >= 15 is 0 Å². The van der Waals surface area contributed by atoms with Gasteiger partial charge in [0.15, 0.2) is 0 Å². The van der Waals surface area contributed by atoms with Crippen molar-refractivity contribution >= 4 is 10.0 Å². The molecule has 2 N–H and O–H groups in total. The van der Waals surface area contributed by atoms with Gasteiger partial charge in [0.25, 0.3) is 0 Å². The Morgan fingerprint density at radius 2 is 1.90 bits per heavy atom. The van der Waals surface area contributed by atoms with E-state index in [-0.39, 0.29) is 11.4 Å². The predicted molar refractivity (Wildman–Crippen MR) is 78.6 cm³/mol. The fraction of sp³-hybridized carbons (Fsp3) is 0.571. The summed E-state index contributed by atoms with van der Waals surface area (Å²) in [7, 11) is -3.69. The molecule has 20 heavy (non-hydrogen) atoms. The average molecular weight is 301 g/mol. The van der Waals surface area contributed by atoms with E-state index < -0.39 is 16.1 Å². The van der Waals surface area contributed by atoms with Gasteiger partial charge in [0, 0.05) is 6.54 Å². The SMILES string of the molecule is CCCOc1cc(C)c(C)cc1S(=O)(=O)NC[C@H](C)O. The van der Waals surface area contributed by atoms with Crippen molar-refractivity contribution in [1.29, 1.82) is 0 Å². The van der Waals surface area contributed by atoms with E-state index in [0.717, 1.165) is 17.5 Å². The van der Waals surface area contributed by atoms with Gasteiger partial charge in [0.2, 0.25) is 10.0 Å². The lowest BCUT2D eigenvalue weighted by atomic mass is 10.1. The van der Waals surface area contributed by atoms with E-state index in [1.165, 1.54) is 6.92 Å². The van der Waals surface area contributed by atoms with E-state index in [1.54, 1.807) is 12.1 Å². The molecule has 114 valence electrons. The molecule has 0 radical (unpaired) electrons. The quantitative estimate of drug-likeness (QED) is 0.804. The number of aliphatic hydroxyl groups excluding tert-OH is 1. The Bertz CT molecular complexity index is 553. The third-order valence-electron chi connectivity index (χ3n) is 2.88. The lowest BCUT2D eigenvalue weighted by molar-refractivity contribution is 0.198. The average Bonchev–Trinajstić information content (AvgIpc) is 2.37. The molecule has 0 bridgehead atoms. The first-order valence-corrected chi connectivity index (χ1v) is 8.18. The standard InChI is InChI=1S/C14H23NO4S/c1-5-6-19-13-7-10(2)11(3)8-14(13)20(17,18)15-9-12(4)16/h7-8,12,15-16H,5-6,9H2,1-4H3/t12-/m0/s1. The summed E-state index contributed by atoms with van der Waals surface area (Å²) in [6, 6.07) is 3.34. The summed E-state index contributed by atoms with van der Waals surface area (Å²) in [6.07, 6.45) is 0.0596. The zero-order chi connectivity index (χ0) is 15.3. The van der Waals surface area contributed by atoms with Crippen molar-refractivity contribution in [2.45, 2.75) is 45.1 Å². The summed E-state index contributed by atoms with van der Waals surface area (Å²) < 4.78 is 32.5. The van der Waals surface area contributed by atoms with Crippen LogP contribution in [0.2, 0.25) is 0 Å². The Morgan fingerprint density at radius 1 is 1.30 bits per heavy atom. The lowest BCUT2D eigenvalue weighted by Gasteiger charge is -2.15. The minimum Gasteiger partial charge on any atom is -0.492 e. The number of hydrogen-bond acceptors (Lipinski definition) is 4. The molecule has 1 aromatic carbocycles. The van der Waals surface area contributed by atoms with E-state index in [4.69, 9.17) is 4.74 Å². The molecule has 0 saturated carbocycles. The molecule has 0 heterocycles. The van der Waals surface area contributed by atoms with Gasteiger partial charge in [-0.15, -0.1) is 0 Å². The molecule has 0 aliphatic carbocycles. The van der Waals surface area contributed by atoms with Gasteiger partial charge in [0.05, 0.1) is 12.7 Å². The van der Waals surface area contributed by atoms with Crippen LogP contribution in [-0.2, 0) is 10.0 Å². The van der Waals surface area contributed by atoms with Crippen LogP contribution in [0.1, 0.15) is 31.4 Å². The summed E-state index contributed by atoms with van der Waals surface area (Å²) >= 11 is 0. The zero-order valence-electron chi connectivity index (χ0n) is 12.4. The van der Waals surface area contributed by atoms with Crippen LogP contribution in [0.4, 0.5) is 0 Å². The first-order valence-electron chi connectivity index (χ1n) is 6.69. The second-order valence-corrected chi connectivity index (χ2v) is 6.67. The van der Waals surface area contributed by atoms with Crippen LogP contribution in [0.25, 0.3) is 0 Å². The van der Waals surface area contributed by atoms with Crippen LogP contribution in [0, 0.1) is 13.8 Å². The van der Waals surface area contributed by atoms with Crippen LogP contribution in [0.5, 0.6) is 5.75 Å². The number of aliphatic hydroxyl groups is 1. The first kappa shape index (κ1) is 16.9. The fourth-order valence-electron chi connectivity index (χ4n) is 1.61. The van der Waals surface area contributed by atoms with E-state index in [9.17, 15) is 13.5 Å². The Morgan fingerprint density at radius 3 is 2.45 bits per heavy atom. The number of benzene rings is 1. The largest absolute Gasteiger partial charge is 0.492 e. The molecule has 0 spiro atoms. The van der Waals surface area contributed by atoms with Crippen LogP contribution < -0.4 is 9.46 Å². The molecule has 0 aromatic heterocycles. The van der Waals surface area contributed by atoms with Crippen molar-refractivity contribution in [2.24, 2.45) is 0 Å². The van der Waals surface area contributed by atoms with Crippen molar-refractivity contribution in [3.8, 4) is 5.75 Å². The summed E-state index contributed by atoms with van der Waals surface area (Å²) in [6.45, 7) is 7.68. The van der Waals surface area contributed by atoms with Crippen LogP contribution >= 0.6 is 0 Å². The molecule has 1 atom stereocenters. The highest BCUT2D eigenvalue weighted by Gasteiger charge is 2.21. The summed E-state index contributed by atoms with van der Waals surface area (Å²) in [4.78, 5) is 0.120. The highest BCUT2D eigenvalue weighted by atomic mass is 32.2. The normalized spacial score (nSPS) is 13.2. The molecule has 0 aliphatic heterocycles. The van der Waals surface area contributed by atoms with Crippen molar-refractivity contribution in [3.63, 3.8) is 0 Å². The molecular formula is C14H23NO4S. The number of rotatable bonds is 7. The van der Waals surface area contributed by atoms with Crippen molar-refractivity contribution in [2.75, 3.05) is 13.2 Å². The minimum atomic E-state index is -3.69. The fourth-order valence-corrected chi connectivity index (χ4v) is 2.94. The molecule has 1 rings (SSSR count). The summed E-state index contributed by atoms with van der Waals surface area (Å²) in [5, 5.41) is 9.21. The Hall–Kier alpha value is -1.11. The van der Waals surface area contributed by atoms with Gasteiger partial charge in [-0.05, 0) is 50.5 Å². The summed E-state index contributed by atoms with van der Waals surface area (Å²) in [5.41, 5.74) is 1.86. The van der Waals surface area contributed by atoms with E-state index in [1.807, 2.05) is 20.8 Å². The Kier molecular flexibility index (Phi) is 5.98. The number of nitrogens with one attached hydrogen (secondary N) is 1. The zero-order valence-corrected chi connectivity index (χ0v) is 13.3. The van der Waals surface area contributed by atoms with Gasteiger partial charge >= 0.3 is 0 Å². The maximum atomic E-state index is 12.3. The summed E-state index contributed by atoms with van der Waals surface area (Å²) in [5.74, 6) is 0.355. The Labute approximate surface area is 121 Å². The van der Waals surface area contributed by atoms with Gasteiger partial charge < -0.3 is 9.84 Å². The maximum absolute atomic E-state index is 12.3. The molecule has 6 heteroatoms. The van der Waals surface area contributed by atoms with E-state index in [0.29, 0.717) is 12.4 Å². The van der Waals surface area contributed by atoms with Gasteiger partial charge in [-0.1, -0.05) is 6.92 Å². The third-order valence-corrected chi connectivity index (χ3v) is 4.32. The molecule has 0 saturated heterocycles. The smallest absolute Gasteiger partial charge is 0.244 e. The molecule has 1 aromatic rings. The maximum Gasteiger partial charge on any atom is 0.244 e. The second-order valence-electron chi connectivity index (χ2n) is 4.93. The Balaban J connectivity index is 3.16. The molecule has 0 fully saturated rings. The second kappa shape index (κ2) is 7.06. The van der Waals surface area contributed by atoms with Gasteiger partial charge in [-0.3, -0.25) is 0 Å². The van der Waals surface area contributed by atoms with Crippen molar-refractivity contribution < 1.29 is 18.3 Å². The molecule has 5 nitrogen and oxygen atoms in total. The molecule has 0 aliphatic rings. The molecular weight excluding hydrogens is 278 g/mol. The predicted octanol–water partition coefficient (Wildman–Crippen LogP) is 1.75. The molecule has 0 amide bonds. The minimum absolute atomic E-state index is 0.0253. The third kappa shape index (κ3) is 4.47. The lowest BCUT2D eigenvalue weighted by Crippen LogP contribution is -2.31. The van der Waals surface area contributed by atoms with Crippen LogP contribution in [0.15, 0.2) is 17.0 Å². The van der Waals surface area contributed by atoms with Gasteiger partial charge in [-0.25, -0.2) is 13.1 Å². The van der Waals surface area contributed by atoms with Crippen molar-refractivity contribution in [3.05, 3.63) is 23.3 Å². The number of sulfonamides is 1. The van der Waals surface area contributed by atoms with Gasteiger partial charge in [0.1, 0.15) is 10.6 Å². The monoisotopic (exact) mass is 301 g/mol. The topological polar surface area (TPSA) is 75.6 Å². The number of hydrogen-bond donors (Lipinski definition) is 2. The highest BCUT2D eigenvalue weighted by molar-refractivity contribution is 7.89. The van der Waals surface area contributed by atoms with Gasteiger partial charge in [-0.2, -0.15) is 0 Å². The number of ether oxygens (including phenoxy) is 1. The van der Waals surface area contributed by atoms with Crippen molar-refractivity contribution in [1.82, 2.24) is 4.72 Å². The van der Waals surface area contributed by atoms with Crippen LogP contribution in [0.3, 0.4) is 0 Å². The number of aryl methyl sites for hydroxylation is 2. The first-order chi connectivity index (χ1) is 9.27. The van der Waals surface area contributed by atoms with Crippen LogP contribution in [-0.4, -0.2) is 32.8 Å². The van der Waals surface area contributed by atoms with E-state index in [2.05, 4.69) is 4.72 Å².